The first kappa shape index (κ1) is 16.0. The van der Waals surface area contributed by atoms with Crippen LogP contribution in [0.25, 0.3) is 0 Å². The zero-order valence-electron chi connectivity index (χ0n) is 12.5. The number of halogens is 2. The van der Waals surface area contributed by atoms with E-state index in [0.29, 0.717) is 17.1 Å². The summed E-state index contributed by atoms with van der Waals surface area (Å²) in [6, 6.07) is 7.56. The Morgan fingerprint density at radius 3 is 2.36 bits per heavy atom. The van der Waals surface area contributed by atoms with Gasteiger partial charge in [-0.25, -0.2) is 0 Å². The van der Waals surface area contributed by atoms with Gasteiger partial charge in [0.15, 0.2) is 0 Å². The SMILES string of the molecule is Cc1cc(C(=O)NC(C)c2ccc(OC(F)F)cc2)c(C)o1. The quantitative estimate of drug-likeness (QED) is 0.908. The number of nitrogens with one attached hydrogen (secondary N) is 1. The summed E-state index contributed by atoms with van der Waals surface area (Å²) in [7, 11) is 0. The lowest BCUT2D eigenvalue weighted by Gasteiger charge is -2.14. The standard InChI is InChI=1S/C16H17F2NO3/c1-9-8-14(11(3)21-9)15(20)19-10(2)12-4-6-13(7-5-12)22-16(17)18/h4-8,10,16H,1-3H3,(H,19,20). The minimum Gasteiger partial charge on any atom is -0.466 e. The largest absolute Gasteiger partial charge is 0.466 e. The lowest BCUT2D eigenvalue weighted by Crippen LogP contribution is -2.26. The average Bonchev–Trinajstić information content (AvgIpc) is 2.78. The minimum atomic E-state index is -2.85. The first-order chi connectivity index (χ1) is 10.4. The minimum absolute atomic E-state index is 0.0820. The van der Waals surface area contributed by atoms with E-state index in [9.17, 15) is 13.6 Å². The molecule has 0 saturated carbocycles. The first-order valence-corrected chi connectivity index (χ1v) is 6.79. The number of aryl methyl sites for hydroxylation is 2. The van der Waals surface area contributed by atoms with Gasteiger partial charge in [-0.1, -0.05) is 12.1 Å². The molecule has 0 aliphatic rings. The number of alkyl halides is 2. The molecule has 22 heavy (non-hydrogen) atoms. The van der Waals surface area contributed by atoms with Crippen LogP contribution < -0.4 is 10.1 Å². The molecule has 0 aliphatic carbocycles. The van der Waals surface area contributed by atoms with Gasteiger partial charge in [0.2, 0.25) is 0 Å². The Balaban J connectivity index is 2.04. The molecule has 4 nitrogen and oxygen atoms in total. The lowest BCUT2D eigenvalue weighted by molar-refractivity contribution is -0.0498. The molecule has 1 aromatic heterocycles. The summed E-state index contributed by atoms with van der Waals surface area (Å²) in [5.74, 6) is 1.07. The Morgan fingerprint density at radius 2 is 1.86 bits per heavy atom. The van der Waals surface area contributed by atoms with Crippen molar-refractivity contribution < 1.29 is 22.7 Å². The van der Waals surface area contributed by atoms with Crippen molar-refractivity contribution in [3.63, 3.8) is 0 Å². The maximum absolute atomic E-state index is 12.2. The summed E-state index contributed by atoms with van der Waals surface area (Å²) in [6.07, 6.45) is 0. The maximum atomic E-state index is 12.2. The van der Waals surface area contributed by atoms with Crippen molar-refractivity contribution in [2.75, 3.05) is 0 Å². The van der Waals surface area contributed by atoms with Crippen LogP contribution in [0.5, 0.6) is 5.75 Å². The predicted octanol–water partition coefficient (Wildman–Crippen LogP) is 3.99. The zero-order chi connectivity index (χ0) is 16.3. The number of rotatable bonds is 5. The molecule has 0 bridgehead atoms. The molecule has 6 heteroatoms. The summed E-state index contributed by atoms with van der Waals surface area (Å²) >= 11 is 0. The van der Waals surface area contributed by atoms with E-state index < -0.39 is 6.61 Å². The van der Waals surface area contributed by atoms with Gasteiger partial charge in [0.1, 0.15) is 17.3 Å². The van der Waals surface area contributed by atoms with E-state index in [-0.39, 0.29) is 17.7 Å². The molecule has 1 heterocycles. The Kier molecular flexibility index (Phi) is 4.80. The van der Waals surface area contributed by atoms with Crippen LogP contribution in [0.3, 0.4) is 0 Å². The Bertz CT molecular complexity index is 650. The molecule has 0 fully saturated rings. The van der Waals surface area contributed by atoms with E-state index in [0.717, 1.165) is 5.56 Å². The van der Waals surface area contributed by atoms with Crippen LogP contribution >= 0.6 is 0 Å². The number of hydrogen-bond donors (Lipinski definition) is 1. The summed E-state index contributed by atoms with van der Waals surface area (Å²) in [6.45, 7) is 2.46. The van der Waals surface area contributed by atoms with Crippen LogP contribution in [-0.4, -0.2) is 12.5 Å². The predicted molar refractivity (Wildman–Crippen MR) is 77.1 cm³/mol. The van der Waals surface area contributed by atoms with Crippen LogP contribution in [0.2, 0.25) is 0 Å². The molecule has 1 N–H and O–H groups in total. The molecule has 0 radical (unpaired) electrons. The third-order valence-corrected chi connectivity index (χ3v) is 3.24. The normalized spacial score (nSPS) is 12.3. The van der Waals surface area contributed by atoms with E-state index in [1.807, 2.05) is 6.92 Å². The zero-order valence-corrected chi connectivity index (χ0v) is 12.5. The third kappa shape index (κ3) is 3.84. The van der Waals surface area contributed by atoms with Crippen LogP contribution in [0.1, 0.15) is 40.4 Å². The number of carbonyl (C=O) groups is 1. The fourth-order valence-electron chi connectivity index (χ4n) is 2.15. The van der Waals surface area contributed by atoms with E-state index in [4.69, 9.17) is 4.42 Å². The fourth-order valence-corrected chi connectivity index (χ4v) is 2.15. The number of amides is 1. The molecule has 0 spiro atoms. The molecule has 1 aromatic carbocycles. The van der Waals surface area contributed by atoms with Crippen molar-refractivity contribution in [3.8, 4) is 5.75 Å². The summed E-state index contributed by atoms with van der Waals surface area (Å²) < 4.78 is 33.8. The van der Waals surface area contributed by atoms with Crippen LogP contribution in [-0.2, 0) is 0 Å². The van der Waals surface area contributed by atoms with Gasteiger partial charge in [-0.2, -0.15) is 8.78 Å². The number of furan rings is 1. The van der Waals surface area contributed by atoms with E-state index in [1.165, 1.54) is 12.1 Å². The van der Waals surface area contributed by atoms with E-state index >= 15 is 0 Å². The number of ether oxygens (including phenoxy) is 1. The summed E-state index contributed by atoms with van der Waals surface area (Å²) in [5.41, 5.74) is 1.27. The van der Waals surface area contributed by atoms with E-state index in [1.54, 1.807) is 32.0 Å². The highest BCUT2D eigenvalue weighted by molar-refractivity contribution is 5.95. The van der Waals surface area contributed by atoms with Crippen molar-refractivity contribution in [1.29, 1.82) is 0 Å². The highest BCUT2D eigenvalue weighted by atomic mass is 19.3. The second-order valence-electron chi connectivity index (χ2n) is 4.97. The van der Waals surface area contributed by atoms with Gasteiger partial charge in [-0.05, 0) is 44.5 Å². The smallest absolute Gasteiger partial charge is 0.387 e. The molecule has 0 aliphatic heterocycles. The van der Waals surface area contributed by atoms with Gasteiger partial charge in [0.25, 0.3) is 5.91 Å². The molecule has 1 amide bonds. The number of carbonyl (C=O) groups excluding carboxylic acids is 1. The van der Waals surface area contributed by atoms with Gasteiger partial charge in [-0.15, -0.1) is 0 Å². The average molecular weight is 309 g/mol. The van der Waals surface area contributed by atoms with Crippen molar-refractivity contribution in [3.05, 3.63) is 53.0 Å². The monoisotopic (exact) mass is 309 g/mol. The Morgan fingerprint density at radius 1 is 1.23 bits per heavy atom. The second-order valence-corrected chi connectivity index (χ2v) is 4.97. The molecule has 118 valence electrons. The third-order valence-electron chi connectivity index (χ3n) is 3.24. The first-order valence-electron chi connectivity index (χ1n) is 6.79. The van der Waals surface area contributed by atoms with E-state index in [2.05, 4.69) is 10.1 Å². The summed E-state index contributed by atoms with van der Waals surface area (Å²) in [4.78, 5) is 12.2. The fraction of sp³-hybridized carbons (Fsp3) is 0.312. The molecule has 2 rings (SSSR count). The van der Waals surface area contributed by atoms with Crippen molar-refractivity contribution >= 4 is 5.91 Å². The van der Waals surface area contributed by atoms with Crippen molar-refractivity contribution in [1.82, 2.24) is 5.32 Å². The van der Waals surface area contributed by atoms with Crippen LogP contribution in [0.15, 0.2) is 34.7 Å². The van der Waals surface area contributed by atoms with Gasteiger partial charge in [-0.3, -0.25) is 4.79 Å². The van der Waals surface area contributed by atoms with Gasteiger partial charge < -0.3 is 14.5 Å². The topological polar surface area (TPSA) is 51.5 Å². The second kappa shape index (κ2) is 6.60. The highest BCUT2D eigenvalue weighted by Gasteiger charge is 2.16. The van der Waals surface area contributed by atoms with Crippen molar-refractivity contribution in [2.24, 2.45) is 0 Å². The van der Waals surface area contributed by atoms with Gasteiger partial charge >= 0.3 is 6.61 Å². The maximum Gasteiger partial charge on any atom is 0.387 e. The van der Waals surface area contributed by atoms with Gasteiger partial charge in [0, 0.05) is 0 Å². The molecule has 2 aromatic rings. The Hall–Kier alpha value is -2.37. The van der Waals surface area contributed by atoms with Crippen LogP contribution in [0.4, 0.5) is 8.78 Å². The van der Waals surface area contributed by atoms with Crippen LogP contribution in [0, 0.1) is 13.8 Å². The molecule has 1 atom stereocenters. The number of hydrogen-bond acceptors (Lipinski definition) is 3. The molecule has 0 saturated heterocycles. The molecular formula is C16H17F2NO3. The Labute approximate surface area is 127 Å². The molecule has 1 unspecified atom stereocenters. The lowest BCUT2D eigenvalue weighted by atomic mass is 10.1. The highest BCUT2D eigenvalue weighted by Crippen LogP contribution is 2.20. The summed E-state index contributed by atoms with van der Waals surface area (Å²) in [5, 5.41) is 2.84. The van der Waals surface area contributed by atoms with Crippen molar-refractivity contribution in [2.45, 2.75) is 33.4 Å². The number of benzene rings is 1. The van der Waals surface area contributed by atoms with Gasteiger partial charge in [0.05, 0.1) is 11.6 Å². The molecular weight excluding hydrogens is 292 g/mol.